The van der Waals surface area contributed by atoms with E-state index in [4.69, 9.17) is 22.1 Å². The summed E-state index contributed by atoms with van der Waals surface area (Å²) in [6, 6.07) is 11.3. The lowest BCUT2D eigenvalue weighted by atomic mass is 10.2. The van der Waals surface area contributed by atoms with Gasteiger partial charge in [0.25, 0.3) is 5.56 Å². The lowest BCUT2D eigenvalue weighted by Gasteiger charge is -2.16. The number of nitrogens with two attached hydrogens (primary N) is 1. The fourth-order valence-electron chi connectivity index (χ4n) is 2.92. The molecule has 9 heteroatoms. The molecule has 3 rings (SSSR count). The molecule has 1 heterocycles. The molecule has 3 N–H and O–H groups in total. The topological polar surface area (TPSA) is 99.2 Å². The number of aromatic nitrogens is 2. The summed E-state index contributed by atoms with van der Waals surface area (Å²) in [5.41, 5.74) is 6.16. The number of nitrogens with one attached hydrogen (secondary N) is 1. The summed E-state index contributed by atoms with van der Waals surface area (Å²) in [7, 11) is 0. The van der Waals surface area contributed by atoms with Gasteiger partial charge in [-0.25, -0.2) is 9.37 Å². The van der Waals surface area contributed by atoms with Gasteiger partial charge >= 0.3 is 0 Å². The van der Waals surface area contributed by atoms with Crippen LogP contribution in [-0.4, -0.2) is 21.6 Å². The van der Waals surface area contributed by atoms with E-state index in [1.165, 1.54) is 22.9 Å². The van der Waals surface area contributed by atoms with Crippen LogP contribution in [0.25, 0.3) is 0 Å². The number of benzene rings is 2. The van der Waals surface area contributed by atoms with Gasteiger partial charge in [-0.1, -0.05) is 23.7 Å². The molecule has 0 bridgehead atoms. The van der Waals surface area contributed by atoms with Gasteiger partial charge in [0.2, 0.25) is 11.9 Å². The molecule has 0 aliphatic rings. The third-order valence-corrected chi connectivity index (χ3v) is 4.54. The van der Waals surface area contributed by atoms with E-state index in [1.54, 1.807) is 44.2 Å². The van der Waals surface area contributed by atoms with Crippen molar-refractivity contribution in [3.63, 3.8) is 0 Å². The number of primary amides is 1. The van der Waals surface area contributed by atoms with E-state index in [-0.39, 0.29) is 36.3 Å². The number of ether oxygens (including phenoxy) is 1. The van der Waals surface area contributed by atoms with Crippen molar-refractivity contribution in [3.8, 4) is 5.75 Å². The highest BCUT2D eigenvalue weighted by atomic mass is 35.5. The van der Waals surface area contributed by atoms with Crippen molar-refractivity contribution in [1.29, 1.82) is 0 Å². The first-order valence-corrected chi connectivity index (χ1v) is 9.95. The second-order valence-corrected chi connectivity index (χ2v) is 7.64. The number of halogens is 2. The predicted octanol–water partition coefficient (Wildman–Crippen LogP) is 3.64. The van der Waals surface area contributed by atoms with Crippen LogP contribution < -0.4 is 21.3 Å². The van der Waals surface area contributed by atoms with Crippen molar-refractivity contribution < 1.29 is 13.9 Å². The molecule has 0 saturated heterocycles. The molecule has 162 valence electrons. The summed E-state index contributed by atoms with van der Waals surface area (Å²) in [6.07, 6.45) is 0.889. The Balaban J connectivity index is 1.97. The van der Waals surface area contributed by atoms with Crippen LogP contribution in [0.3, 0.4) is 0 Å². The van der Waals surface area contributed by atoms with E-state index in [0.717, 1.165) is 5.56 Å². The number of carbonyl (C=O) groups excluding carboxylic acids is 1. The molecule has 0 radical (unpaired) electrons. The van der Waals surface area contributed by atoms with Crippen LogP contribution in [0.1, 0.15) is 25.0 Å². The fourth-order valence-corrected chi connectivity index (χ4v) is 3.04. The quantitative estimate of drug-likeness (QED) is 0.552. The largest absolute Gasteiger partial charge is 0.488 e. The maximum Gasteiger partial charge on any atom is 0.258 e. The Labute approximate surface area is 183 Å². The third-order valence-electron chi connectivity index (χ3n) is 4.29. The van der Waals surface area contributed by atoms with Crippen LogP contribution in [0.4, 0.5) is 16.0 Å². The Morgan fingerprint density at radius 2 is 1.97 bits per heavy atom. The highest BCUT2D eigenvalue weighted by molar-refractivity contribution is 6.30. The van der Waals surface area contributed by atoms with Gasteiger partial charge in [0, 0.05) is 28.5 Å². The molecular formula is C22H22ClFN4O3. The lowest BCUT2D eigenvalue weighted by molar-refractivity contribution is -0.117. The van der Waals surface area contributed by atoms with Crippen molar-refractivity contribution >= 4 is 29.1 Å². The zero-order valence-electron chi connectivity index (χ0n) is 17.1. The van der Waals surface area contributed by atoms with Crippen LogP contribution in [0.15, 0.2) is 53.5 Å². The molecule has 7 nitrogen and oxygen atoms in total. The van der Waals surface area contributed by atoms with E-state index in [0.29, 0.717) is 10.7 Å². The molecule has 0 spiro atoms. The highest BCUT2D eigenvalue weighted by Crippen LogP contribution is 2.24. The minimum absolute atomic E-state index is 0.129. The van der Waals surface area contributed by atoms with E-state index in [9.17, 15) is 14.0 Å². The summed E-state index contributed by atoms with van der Waals surface area (Å²) < 4.78 is 21.1. The Morgan fingerprint density at radius 1 is 1.26 bits per heavy atom. The normalized spacial score (nSPS) is 10.9. The van der Waals surface area contributed by atoms with E-state index in [1.807, 2.05) is 0 Å². The van der Waals surface area contributed by atoms with Crippen LogP contribution in [0, 0.1) is 5.82 Å². The maximum absolute atomic E-state index is 14.4. The summed E-state index contributed by atoms with van der Waals surface area (Å²) in [5.74, 6) is -0.870. The monoisotopic (exact) mass is 444 g/mol. The van der Waals surface area contributed by atoms with Crippen molar-refractivity contribution in [2.24, 2.45) is 5.73 Å². The third kappa shape index (κ3) is 5.82. The number of rotatable bonds is 8. The van der Waals surface area contributed by atoms with Crippen molar-refractivity contribution in [3.05, 3.63) is 81.0 Å². The number of hydrogen-bond acceptors (Lipinski definition) is 5. The van der Waals surface area contributed by atoms with Crippen LogP contribution in [0.2, 0.25) is 5.02 Å². The van der Waals surface area contributed by atoms with Gasteiger partial charge < -0.3 is 15.8 Å². The Morgan fingerprint density at radius 3 is 2.58 bits per heavy atom. The summed E-state index contributed by atoms with van der Waals surface area (Å²) >= 11 is 5.94. The first kappa shape index (κ1) is 22.3. The molecule has 0 fully saturated rings. The first-order valence-electron chi connectivity index (χ1n) is 9.57. The smallest absolute Gasteiger partial charge is 0.258 e. The average molecular weight is 445 g/mol. The number of amides is 1. The fraction of sp³-hybridized carbons (Fsp3) is 0.227. The second kappa shape index (κ2) is 9.61. The number of anilines is 2. The molecule has 0 atom stereocenters. The zero-order chi connectivity index (χ0) is 22.5. The summed E-state index contributed by atoms with van der Waals surface area (Å²) in [5, 5.41) is 3.53. The maximum atomic E-state index is 14.4. The van der Waals surface area contributed by atoms with Crippen LogP contribution in [0.5, 0.6) is 5.75 Å². The minimum atomic E-state index is -0.638. The highest BCUT2D eigenvalue weighted by Gasteiger charge is 2.14. The minimum Gasteiger partial charge on any atom is -0.488 e. The molecule has 0 aliphatic carbocycles. The zero-order valence-corrected chi connectivity index (χ0v) is 17.8. The van der Waals surface area contributed by atoms with Gasteiger partial charge in [-0.2, -0.15) is 0 Å². The van der Waals surface area contributed by atoms with Gasteiger partial charge in [0.05, 0.1) is 19.1 Å². The van der Waals surface area contributed by atoms with E-state index >= 15 is 0 Å². The SMILES string of the molecule is CC(C)Oc1ccc(Nc2ncc(CC(N)=O)c(=O)n2Cc2ccc(Cl)cc2)cc1F. The number of nitrogens with zero attached hydrogens (tertiary/aromatic N) is 2. The summed E-state index contributed by atoms with van der Waals surface area (Å²) in [4.78, 5) is 28.6. The van der Waals surface area contributed by atoms with E-state index in [2.05, 4.69) is 10.3 Å². The van der Waals surface area contributed by atoms with Gasteiger partial charge in [-0.15, -0.1) is 0 Å². The van der Waals surface area contributed by atoms with Gasteiger partial charge in [0.1, 0.15) is 0 Å². The van der Waals surface area contributed by atoms with Gasteiger partial charge in [-0.3, -0.25) is 14.2 Å². The molecule has 3 aromatic rings. The van der Waals surface area contributed by atoms with Crippen LogP contribution in [-0.2, 0) is 17.8 Å². The molecule has 0 aliphatic heterocycles. The molecule has 31 heavy (non-hydrogen) atoms. The lowest BCUT2D eigenvalue weighted by Crippen LogP contribution is -2.30. The van der Waals surface area contributed by atoms with E-state index < -0.39 is 17.3 Å². The van der Waals surface area contributed by atoms with Gasteiger partial charge in [-0.05, 0) is 43.7 Å². The Kier molecular flexibility index (Phi) is 6.91. The van der Waals surface area contributed by atoms with Crippen molar-refractivity contribution in [1.82, 2.24) is 9.55 Å². The first-order chi connectivity index (χ1) is 14.7. The summed E-state index contributed by atoms with van der Waals surface area (Å²) in [6.45, 7) is 3.77. The van der Waals surface area contributed by atoms with Crippen LogP contribution >= 0.6 is 11.6 Å². The Hall–Kier alpha value is -3.39. The van der Waals surface area contributed by atoms with Gasteiger partial charge in [0.15, 0.2) is 11.6 Å². The average Bonchev–Trinajstić information content (AvgIpc) is 2.70. The molecule has 2 aromatic carbocycles. The standard InChI is InChI=1S/C22H22ClFN4O3/c1-13(2)31-19-8-7-17(10-18(19)24)27-22-26-11-15(9-20(25)29)21(30)28(22)12-14-3-5-16(23)6-4-14/h3-8,10-11,13H,9,12H2,1-2H3,(H2,25,29)(H,26,27). The second-order valence-electron chi connectivity index (χ2n) is 7.20. The molecule has 1 aromatic heterocycles. The van der Waals surface area contributed by atoms with Crippen molar-refractivity contribution in [2.45, 2.75) is 32.9 Å². The van der Waals surface area contributed by atoms with Crippen molar-refractivity contribution in [2.75, 3.05) is 5.32 Å². The Bertz CT molecular complexity index is 1150. The molecular weight excluding hydrogens is 423 g/mol. The number of hydrogen-bond donors (Lipinski definition) is 2. The molecule has 0 saturated carbocycles. The number of carbonyl (C=O) groups is 1. The molecule has 0 unspecified atom stereocenters. The molecule has 1 amide bonds. The predicted molar refractivity (Wildman–Crippen MR) is 117 cm³/mol.